The van der Waals surface area contributed by atoms with E-state index in [1.54, 1.807) is 9.80 Å². The Hall–Kier alpha value is -2.91. The fourth-order valence-electron chi connectivity index (χ4n) is 2.99. The number of hydrogen-bond donors (Lipinski definition) is 1. The summed E-state index contributed by atoms with van der Waals surface area (Å²) < 4.78 is 0. The molecule has 0 spiro atoms. The lowest BCUT2D eigenvalue weighted by Crippen LogP contribution is -2.48. The molecule has 0 atom stereocenters. The third-order valence-electron chi connectivity index (χ3n) is 4.38. The van der Waals surface area contributed by atoms with Crippen LogP contribution in [-0.2, 0) is 4.79 Å². The van der Waals surface area contributed by atoms with Crippen molar-refractivity contribution in [2.45, 2.75) is 25.8 Å². The predicted molar refractivity (Wildman–Crippen MR) is 88.9 cm³/mol. The fourth-order valence-corrected chi connectivity index (χ4v) is 2.99. The highest BCUT2D eigenvalue weighted by molar-refractivity contribution is 5.92. The number of anilines is 2. The molecule has 1 saturated carbocycles. The summed E-state index contributed by atoms with van der Waals surface area (Å²) in [6.45, 7) is 2.57. The van der Waals surface area contributed by atoms with Gasteiger partial charge in [-0.2, -0.15) is 0 Å². The second kappa shape index (κ2) is 6.54. The topological polar surface area (TPSA) is 120 Å². The Morgan fingerprint density at radius 3 is 2.40 bits per heavy atom. The van der Waals surface area contributed by atoms with Crippen molar-refractivity contribution in [2.75, 3.05) is 36.0 Å². The maximum atomic E-state index is 11.9. The summed E-state index contributed by atoms with van der Waals surface area (Å²) in [6.07, 6.45) is 0.780. The summed E-state index contributed by atoms with van der Waals surface area (Å²) in [7, 11) is 0. The zero-order chi connectivity index (χ0) is 18.1. The molecule has 0 aromatic carbocycles. The van der Waals surface area contributed by atoms with Crippen molar-refractivity contribution in [2.24, 2.45) is 0 Å². The van der Waals surface area contributed by atoms with Gasteiger partial charge < -0.3 is 14.9 Å². The number of rotatable bonds is 4. The highest BCUT2D eigenvalue weighted by Gasteiger charge is 2.34. The molecule has 10 nitrogen and oxygen atoms in total. The van der Waals surface area contributed by atoms with Gasteiger partial charge in [0, 0.05) is 45.2 Å². The van der Waals surface area contributed by atoms with Crippen LogP contribution in [0, 0.1) is 10.1 Å². The van der Waals surface area contributed by atoms with E-state index in [1.165, 1.54) is 24.0 Å². The first-order chi connectivity index (χ1) is 11.9. The minimum absolute atomic E-state index is 0.100. The average Bonchev–Trinajstić information content (AvgIpc) is 3.39. The van der Waals surface area contributed by atoms with Gasteiger partial charge in [0.05, 0.1) is 4.92 Å². The predicted octanol–water partition coefficient (Wildman–Crippen LogP) is 1.31. The molecular weight excluding hydrogens is 330 g/mol. The quantitative estimate of drug-likeness (QED) is 0.642. The molecule has 2 amide bonds. The number of hydrogen-bond acceptors (Lipinski definition) is 6. The second-order valence-corrected chi connectivity index (χ2v) is 6.15. The molecule has 2 aliphatic rings. The molecule has 25 heavy (non-hydrogen) atoms. The number of carbonyl (C=O) groups is 2. The summed E-state index contributed by atoms with van der Waals surface area (Å²) in [4.78, 5) is 42.7. The maximum absolute atomic E-state index is 11.9. The summed E-state index contributed by atoms with van der Waals surface area (Å²) >= 11 is 0. The monoisotopic (exact) mass is 349 g/mol. The van der Waals surface area contributed by atoms with Crippen LogP contribution < -0.4 is 9.80 Å². The van der Waals surface area contributed by atoms with E-state index >= 15 is 0 Å². The van der Waals surface area contributed by atoms with Crippen LogP contribution in [0.5, 0.6) is 0 Å². The van der Waals surface area contributed by atoms with Crippen LogP contribution in [0.25, 0.3) is 0 Å². The molecule has 1 saturated heterocycles. The van der Waals surface area contributed by atoms with E-state index in [9.17, 15) is 19.7 Å². The standard InChI is InChI=1S/C15H19N5O5/c1-10(21)19(11-2-3-11)13-5-4-12(20(24)25)14(16-13)17-6-8-18(9-7-17)15(22)23/h4-5,11H,2-3,6-9H2,1H3,(H,22,23). The van der Waals surface area contributed by atoms with E-state index < -0.39 is 11.0 Å². The van der Waals surface area contributed by atoms with Crippen LogP contribution in [0.1, 0.15) is 19.8 Å². The Balaban J connectivity index is 1.90. The summed E-state index contributed by atoms with van der Waals surface area (Å²) in [6, 6.07) is 2.96. The molecule has 0 unspecified atom stereocenters. The number of amides is 2. The molecule has 1 aromatic rings. The van der Waals surface area contributed by atoms with Gasteiger partial charge in [0.15, 0.2) is 0 Å². The van der Waals surface area contributed by atoms with Gasteiger partial charge in [-0.15, -0.1) is 0 Å². The number of carboxylic acid groups (broad SMARTS) is 1. The van der Waals surface area contributed by atoms with Gasteiger partial charge in [-0.3, -0.25) is 19.8 Å². The van der Waals surface area contributed by atoms with Crippen LogP contribution in [-0.4, -0.2) is 64.1 Å². The number of aromatic nitrogens is 1. The lowest BCUT2D eigenvalue weighted by atomic mass is 10.2. The Morgan fingerprint density at radius 2 is 1.92 bits per heavy atom. The van der Waals surface area contributed by atoms with Gasteiger partial charge in [0.2, 0.25) is 11.7 Å². The summed E-state index contributed by atoms with van der Waals surface area (Å²) in [5.74, 6) is 0.432. The number of nitrogens with zero attached hydrogens (tertiary/aromatic N) is 5. The van der Waals surface area contributed by atoms with Crippen molar-refractivity contribution < 1.29 is 19.6 Å². The lowest BCUT2D eigenvalue weighted by Gasteiger charge is -2.34. The van der Waals surface area contributed by atoms with E-state index in [0.717, 1.165) is 12.8 Å². The highest BCUT2D eigenvalue weighted by atomic mass is 16.6. The summed E-state index contributed by atoms with van der Waals surface area (Å²) in [5.41, 5.74) is -0.146. The Morgan fingerprint density at radius 1 is 1.28 bits per heavy atom. The Bertz CT molecular complexity index is 712. The van der Waals surface area contributed by atoms with E-state index in [2.05, 4.69) is 4.98 Å². The molecule has 134 valence electrons. The van der Waals surface area contributed by atoms with Gasteiger partial charge >= 0.3 is 11.8 Å². The van der Waals surface area contributed by atoms with Gasteiger partial charge in [0.1, 0.15) is 5.82 Å². The van der Waals surface area contributed by atoms with Crippen LogP contribution in [0.15, 0.2) is 12.1 Å². The fraction of sp³-hybridized carbons (Fsp3) is 0.533. The van der Waals surface area contributed by atoms with E-state index in [-0.39, 0.29) is 36.5 Å². The Kier molecular flexibility index (Phi) is 4.43. The minimum atomic E-state index is -1.01. The maximum Gasteiger partial charge on any atom is 0.407 e. The molecule has 2 fully saturated rings. The molecule has 10 heteroatoms. The normalized spacial score (nSPS) is 17.3. The zero-order valence-electron chi connectivity index (χ0n) is 13.8. The zero-order valence-corrected chi connectivity index (χ0v) is 13.8. The van der Waals surface area contributed by atoms with Crippen molar-refractivity contribution in [3.63, 3.8) is 0 Å². The number of piperazine rings is 1. The third-order valence-corrected chi connectivity index (χ3v) is 4.38. The highest BCUT2D eigenvalue weighted by Crippen LogP contribution is 2.35. The number of pyridine rings is 1. The van der Waals surface area contributed by atoms with Crippen LogP contribution in [0.4, 0.5) is 22.1 Å². The van der Waals surface area contributed by atoms with Gasteiger partial charge in [0.25, 0.3) is 0 Å². The van der Waals surface area contributed by atoms with Crippen molar-refractivity contribution in [1.82, 2.24) is 9.88 Å². The van der Waals surface area contributed by atoms with Crippen LogP contribution in [0.2, 0.25) is 0 Å². The molecule has 1 aliphatic carbocycles. The Labute approximate surface area is 143 Å². The first-order valence-electron chi connectivity index (χ1n) is 8.06. The molecule has 1 aliphatic heterocycles. The van der Waals surface area contributed by atoms with Gasteiger partial charge in [-0.05, 0) is 18.9 Å². The van der Waals surface area contributed by atoms with Crippen LogP contribution >= 0.6 is 0 Å². The van der Waals surface area contributed by atoms with E-state index in [4.69, 9.17) is 5.11 Å². The van der Waals surface area contributed by atoms with E-state index in [1.807, 2.05) is 0 Å². The molecule has 2 heterocycles. The minimum Gasteiger partial charge on any atom is -0.465 e. The number of nitro groups is 1. The first-order valence-corrected chi connectivity index (χ1v) is 8.06. The molecule has 0 radical (unpaired) electrons. The molecule has 1 N–H and O–H groups in total. The van der Waals surface area contributed by atoms with Crippen molar-refractivity contribution in [1.29, 1.82) is 0 Å². The third kappa shape index (κ3) is 3.47. The SMILES string of the molecule is CC(=O)N(c1ccc([N+](=O)[O-])c(N2CCN(C(=O)O)CC2)n1)C1CC1. The molecular formula is C15H19N5O5. The molecule has 0 bridgehead atoms. The van der Waals surface area contributed by atoms with E-state index in [0.29, 0.717) is 18.9 Å². The second-order valence-electron chi connectivity index (χ2n) is 6.15. The first kappa shape index (κ1) is 16.9. The smallest absolute Gasteiger partial charge is 0.407 e. The summed E-state index contributed by atoms with van der Waals surface area (Å²) in [5, 5.41) is 20.4. The largest absolute Gasteiger partial charge is 0.465 e. The van der Waals surface area contributed by atoms with Crippen molar-refractivity contribution in [3.05, 3.63) is 22.2 Å². The van der Waals surface area contributed by atoms with Crippen molar-refractivity contribution >= 4 is 29.3 Å². The van der Waals surface area contributed by atoms with Gasteiger partial charge in [-0.1, -0.05) is 0 Å². The lowest BCUT2D eigenvalue weighted by molar-refractivity contribution is -0.384. The van der Waals surface area contributed by atoms with Crippen molar-refractivity contribution in [3.8, 4) is 0 Å². The molecule has 3 rings (SSSR count). The average molecular weight is 349 g/mol. The molecule has 1 aromatic heterocycles. The number of carbonyl (C=O) groups excluding carboxylic acids is 1. The van der Waals surface area contributed by atoms with Gasteiger partial charge in [-0.25, -0.2) is 9.78 Å². The van der Waals surface area contributed by atoms with Crippen LogP contribution in [0.3, 0.4) is 0 Å².